The van der Waals surface area contributed by atoms with Crippen molar-refractivity contribution in [3.63, 3.8) is 0 Å². The average Bonchev–Trinajstić information content (AvgIpc) is 2.70. The first-order valence-electron chi connectivity index (χ1n) is 7.21. The average molecular weight is 246 g/mol. The number of rotatable bonds is 7. The Morgan fingerprint density at radius 1 is 1.00 bits per heavy atom. The highest BCUT2D eigenvalue weighted by molar-refractivity contribution is 5.68. The van der Waals surface area contributed by atoms with Crippen LogP contribution in [-0.4, -0.2) is 0 Å². The lowest BCUT2D eigenvalue weighted by atomic mass is 10.1. The minimum atomic E-state index is 1.00. The summed E-state index contributed by atoms with van der Waals surface area (Å²) in [6.07, 6.45) is 8.02. The number of unbranched alkanes of at least 4 members (excludes halogenated alkanes) is 5. The Balaban J connectivity index is 1.89. The molecule has 0 atom stereocenters. The second kappa shape index (κ2) is 6.58. The summed E-state index contributed by atoms with van der Waals surface area (Å²) in [6, 6.07) is 8.29. The second-order valence-electron chi connectivity index (χ2n) is 5.01. The van der Waals surface area contributed by atoms with Gasteiger partial charge in [0.2, 0.25) is 5.58 Å². The molecule has 0 spiro atoms. The van der Waals surface area contributed by atoms with Gasteiger partial charge >= 0.3 is 5.89 Å². The van der Waals surface area contributed by atoms with E-state index in [1.54, 1.807) is 0 Å². The number of aryl methyl sites for hydroxylation is 2. The van der Waals surface area contributed by atoms with E-state index in [1.807, 2.05) is 12.1 Å². The zero-order chi connectivity index (χ0) is 12.8. The topological polar surface area (TPSA) is 17.0 Å². The molecular formula is C16H24NO+. The van der Waals surface area contributed by atoms with E-state index in [9.17, 15) is 0 Å². The molecule has 18 heavy (non-hydrogen) atoms. The molecule has 0 N–H and O–H groups in total. The van der Waals surface area contributed by atoms with Gasteiger partial charge in [-0.1, -0.05) is 44.7 Å². The van der Waals surface area contributed by atoms with Gasteiger partial charge in [0.15, 0.2) is 6.54 Å². The molecule has 0 unspecified atom stereocenters. The van der Waals surface area contributed by atoms with Gasteiger partial charge in [-0.05, 0) is 12.5 Å². The Morgan fingerprint density at radius 3 is 2.56 bits per heavy atom. The largest absolute Gasteiger partial charge is 0.402 e. The smallest absolute Gasteiger partial charge is 0.344 e. The fraction of sp³-hybridized carbons (Fsp3) is 0.562. The summed E-state index contributed by atoms with van der Waals surface area (Å²) in [7, 11) is 0. The first kappa shape index (κ1) is 13.1. The van der Waals surface area contributed by atoms with Crippen molar-refractivity contribution in [1.29, 1.82) is 0 Å². The van der Waals surface area contributed by atoms with E-state index in [-0.39, 0.29) is 0 Å². The number of fused-ring (bicyclic) bond motifs is 1. The molecule has 2 heteroatoms. The molecule has 1 aromatic carbocycles. The van der Waals surface area contributed by atoms with Crippen LogP contribution in [0, 0.1) is 6.92 Å². The van der Waals surface area contributed by atoms with Crippen molar-refractivity contribution in [2.45, 2.75) is 58.9 Å². The third kappa shape index (κ3) is 3.12. The van der Waals surface area contributed by atoms with Gasteiger partial charge < -0.3 is 4.42 Å². The predicted octanol–water partition coefficient (Wildman–Crippen LogP) is 4.39. The van der Waals surface area contributed by atoms with Gasteiger partial charge in [-0.3, -0.25) is 0 Å². The zero-order valence-corrected chi connectivity index (χ0v) is 11.6. The van der Waals surface area contributed by atoms with Crippen molar-refractivity contribution in [1.82, 2.24) is 0 Å². The lowest BCUT2D eigenvalue weighted by Gasteiger charge is -1.98. The lowest BCUT2D eigenvalue weighted by Crippen LogP contribution is -2.35. The van der Waals surface area contributed by atoms with Gasteiger partial charge in [0.05, 0.1) is 6.92 Å². The maximum atomic E-state index is 5.76. The zero-order valence-electron chi connectivity index (χ0n) is 11.6. The van der Waals surface area contributed by atoms with Crippen LogP contribution in [0.1, 0.15) is 51.3 Å². The Morgan fingerprint density at radius 2 is 1.72 bits per heavy atom. The van der Waals surface area contributed by atoms with Crippen LogP contribution in [0.2, 0.25) is 0 Å². The first-order valence-corrected chi connectivity index (χ1v) is 7.21. The normalized spacial score (nSPS) is 11.2. The highest BCUT2D eigenvalue weighted by Crippen LogP contribution is 2.13. The molecule has 2 nitrogen and oxygen atoms in total. The van der Waals surface area contributed by atoms with Gasteiger partial charge in [-0.25, -0.2) is 0 Å². The number of benzene rings is 1. The number of para-hydroxylation sites is 2. The summed E-state index contributed by atoms with van der Waals surface area (Å²) in [6.45, 7) is 5.39. The number of hydrogen-bond donors (Lipinski definition) is 0. The van der Waals surface area contributed by atoms with Gasteiger partial charge in [-0.15, -0.1) is 0 Å². The minimum Gasteiger partial charge on any atom is -0.402 e. The molecule has 1 aromatic heterocycles. The van der Waals surface area contributed by atoms with Gasteiger partial charge in [0, 0.05) is 12.5 Å². The number of hydrogen-bond acceptors (Lipinski definition) is 1. The summed E-state index contributed by atoms with van der Waals surface area (Å²) >= 11 is 0. The maximum absolute atomic E-state index is 5.76. The molecule has 0 saturated carbocycles. The van der Waals surface area contributed by atoms with Crippen molar-refractivity contribution < 1.29 is 8.98 Å². The Labute approximate surface area is 110 Å². The van der Waals surface area contributed by atoms with Crippen LogP contribution in [-0.2, 0) is 6.54 Å². The van der Waals surface area contributed by atoms with E-state index in [1.165, 1.54) is 44.0 Å². The summed E-state index contributed by atoms with van der Waals surface area (Å²) < 4.78 is 8.06. The molecule has 0 fully saturated rings. The molecule has 0 radical (unpaired) electrons. The molecule has 98 valence electrons. The fourth-order valence-electron chi connectivity index (χ4n) is 2.48. The van der Waals surface area contributed by atoms with Crippen molar-refractivity contribution in [3.8, 4) is 0 Å². The Kier molecular flexibility index (Phi) is 4.80. The summed E-state index contributed by atoms with van der Waals surface area (Å²) in [5.74, 6) is 1.02. The predicted molar refractivity (Wildman–Crippen MR) is 74.5 cm³/mol. The van der Waals surface area contributed by atoms with Crippen LogP contribution >= 0.6 is 0 Å². The van der Waals surface area contributed by atoms with Gasteiger partial charge in [0.1, 0.15) is 0 Å². The highest BCUT2D eigenvalue weighted by atomic mass is 16.3. The van der Waals surface area contributed by atoms with E-state index < -0.39 is 0 Å². The third-order valence-electron chi connectivity index (χ3n) is 3.53. The monoisotopic (exact) mass is 246 g/mol. The number of nitrogens with zero attached hydrogens (tertiary/aromatic N) is 1. The summed E-state index contributed by atoms with van der Waals surface area (Å²) in [5.41, 5.74) is 2.23. The highest BCUT2D eigenvalue weighted by Gasteiger charge is 2.17. The SMILES string of the molecule is CCCCCCCC[n+]1c(C)oc2ccccc21. The van der Waals surface area contributed by atoms with Crippen molar-refractivity contribution in [2.75, 3.05) is 0 Å². The van der Waals surface area contributed by atoms with E-state index >= 15 is 0 Å². The Hall–Kier alpha value is -1.31. The molecule has 0 aliphatic rings. The van der Waals surface area contributed by atoms with Crippen LogP contribution in [0.4, 0.5) is 0 Å². The molecule has 2 aromatic rings. The van der Waals surface area contributed by atoms with Crippen molar-refractivity contribution in [3.05, 3.63) is 30.2 Å². The van der Waals surface area contributed by atoms with E-state index in [0.29, 0.717) is 0 Å². The van der Waals surface area contributed by atoms with Crippen LogP contribution in [0.25, 0.3) is 11.1 Å². The van der Waals surface area contributed by atoms with Crippen LogP contribution in [0.15, 0.2) is 28.7 Å². The van der Waals surface area contributed by atoms with E-state index in [0.717, 1.165) is 18.0 Å². The van der Waals surface area contributed by atoms with E-state index in [2.05, 4.69) is 30.5 Å². The minimum absolute atomic E-state index is 1.00. The molecule has 1 heterocycles. The molecule has 2 rings (SSSR count). The van der Waals surface area contributed by atoms with Gasteiger partial charge in [-0.2, -0.15) is 4.57 Å². The van der Waals surface area contributed by atoms with Crippen LogP contribution in [0.3, 0.4) is 0 Å². The third-order valence-corrected chi connectivity index (χ3v) is 3.53. The summed E-state index contributed by atoms with van der Waals surface area (Å²) in [5, 5.41) is 0. The van der Waals surface area contributed by atoms with Crippen LogP contribution in [0.5, 0.6) is 0 Å². The molecule has 0 amide bonds. The fourth-order valence-corrected chi connectivity index (χ4v) is 2.48. The Bertz CT molecular complexity index is 487. The quantitative estimate of drug-likeness (QED) is 0.523. The standard InChI is InChI=1S/C16H24NO/c1-3-4-5-6-7-10-13-17-14(2)18-16-12-9-8-11-15(16)17/h8-9,11-12H,3-7,10,13H2,1-2H3/q+1. The molecular weight excluding hydrogens is 222 g/mol. The van der Waals surface area contributed by atoms with Gasteiger partial charge in [0.25, 0.3) is 5.52 Å². The summed E-state index contributed by atoms with van der Waals surface area (Å²) in [4.78, 5) is 0. The molecule has 0 aliphatic carbocycles. The first-order chi connectivity index (χ1) is 8.83. The number of aromatic nitrogens is 1. The number of oxazole rings is 1. The lowest BCUT2D eigenvalue weighted by molar-refractivity contribution is -0.683. The molecule has 0 bridgehead atoms. The van der Waals surface area contributed by atoms with Crippen molar-refractivity contribution >= 4 is 11.1 Å². The molecule has 0 aliphatic heterocycles. The van der Waals surface area contributed by atoms with Crippen LogP contribution < -0.4 is 4.57 Å². The van der Waals surface area contributed by atoms with E-state index in [4.69, 9.17) is 4.42 Å². The van der Waals surface area contributed by atoms with Crippen molar-refractivity contribution in [2.24, 2.45) is 0 Å². The molecule has 0 saturated heterocycles. The second-order valence-corrected chi connectivity index (χ2v) is 5.01. The maximum Gasteiger partial charge on any atom is 0.344 e.